The van der Waals surface area contributed by atoms with Crippen LogP contribution >= 0.6 is 11.6 Å². The van der Waals surface area contributed by atoms with E-state index < -0.39 is 17.5 Å². The first kappa shape index (κ1) is 14.8. The van der Waals surface area contributed by atoms with E-state index in [4.69, 9.17) is 16.3 Å². The van der Waals surface area contributed by atoms with Gasteiger partial charge in [-0.3, -0.25) is 0 Å². The number of carboxylic acids is 1. The second-order valence-corrected chi connectivity index (χ2v) is 6.80. The van der Waals surface area contributed by atoms with Crippen LogP contribution in [0.5, 0.6) is 0 Å². The third kappa shape index (κ3) is 1.91. The Hall–Kier alpha value is -1.78. The lowest BCUT2D eigenvalue weighted by Crippen LogP contribution is -2.46. The van der Waals surface area contributed by atoms with Crippen molar-refractivity contribution in [3.8, 4) is 0 Å². The minimum Gasteiger partial charge on any atom is -0.550 e. The van der Waals surface area contributed by atoms with E-state index in [1.165, 1.54) is 0 Å². The summed E-state index contributed by atoms with van der Waals surface area (Å²) < 4.78 is 6.15. The van der Waals surface area contributed by atoms with Gasteiger partial charge in [-0.15, -0.1) is 6.58 Å². The summed E-state index contributed by atoms with van der Waals surface area (Å²) in [4.78, 5) is 13.8. The van der Waals surface area contributed by atoms with Crippen molar-refractivity contribution in [1.29, 1.82) is 0 Å². The van der Waals surface area contributed by atoms with Gasteiger partial charge in [-0.25, -0.2) is 0 Å². The number of carboxylic acid groups (broad SMARTS) is 1. The molecule has 2 fully saturated rings. The fraction of sp³-hybridized carbons (Fsp3) is 0.389. The Bertz CT molecular complexity index is 703. The van der Waals surface area contributed by atoms with Crippen LogP contribution in [0.25, 0.3) is 0 Å². The third-order valence-electron chi connectivity index (χ3n) is 5.37. The van der Waals surface area contributed by atoms with Crippen LogP contribution in [0.4, 0.5) is 5.69 Å². The van der Waals surface area contributed by atoms with Gasteiger partial charge in [0.15, 0.2) is 0 Å². The Labute approximate surface area is 140 Å². The van der Waals surface area contributed by atoms with Crippen LogP contribution in [0, 0.1) is 11.8 Å². The van der Waals surface area contributed by atoms with Gasteiger partial charge in [0.25, 0.3) is 0 Å². The lowest BCUT2D eigenvalue weighted by atomic mass is 9.74. The predicted octanol–water partition coefficient (Wildman–Crippen LogP) is 1.79. The van der Waals surface area contributed by atoms with Crippen molar-refractivity contribution < 1.29 is 14.6 Å². The zero-order valence-corrected chi connectivity index (χ0v) is 13.3. The van der Waals surface area contributed by atoms with Crippen molar-refractivity contribution in [2.45, 2.75) is 24.2 Å². The molecule has 3 heterocycles. The monoisotopic (exact) mass is 330 g/mol. The third-order valence-corrected chi connectivity index (χ3v) is 5.69. The summed E-state index contributed by atoms with van der Waals surface area (Å²) in [6.07, 6.45) is 6.06. The van der Waals surface area contributed by atoms with Gasteiger partial charge in [0.05, 0.1) is 22.9 Å². The maximum absolute atomic E-state index is 11.6. The summed E-state index contributed by atoms with van der Waals surface area (Å²) in [5.41, 5.74) is 0.310. The lowest BCUT2D eigenvalue weighted by molar-refractivity contribution is -0.313. The Kier molecular flexibility index (Phi) is 3.29. The molecule has 3 aliphatic heterocycles. The highest BCUT2D eigenvalue weighted by molar-refractivity contribution is 6.33. The molecule has 2 bridgehead atoms. The van der Waals surface area contributed by atoms with Crippen LogP contribution in [0.1, 0.15) is 6.42 Å². The number of nitrogens with zero attached hydrogens (tertiary/aromatic N) is 1. The summed E-state index contributed by atoms with van der Waals surface area (Å²) >= 11 is 6.37. The Morgan fingerprint density at radius 1 is 1.52 bits per heavy atom. The van der Waals surface area contributed by atoms with E-state index in [0.717, 1.165) is 5.69 Å². The number of ether oxygens (including phenoxy) is 1. The van der Waals surface area contributed by atoms with Gasteiger partial charge in [0, 0.05) is 24.3 Å². The standard InChI is InChI=1S/C18H18ClNO3/c1-2-5-15-18-9-8-14(23-18)16(17(21)22)11(18)10-20(15)13-7-4-3-6-12(13)19/h2-4,6-9,11,14-16H,1,5,10H2,(H,21,22)/p-1/t11-,14-,15+,16-,18+/m0/s1. The molecule has 1 spiro atoms. The molecule has 4 nitrogen and oxygen atoms in total. The average molecular weight is 331 g/mol. The zero-order valence-electron chi connectivity index (χ0n) is 12.5. The van der Waals surface area contributed by atoms with Crippen molar-refractivity contribution >= 4 is 23.3 Å². The first-order valence-corrected chi connectivity index (χ1v) is 8.16. The maximum atomic E-state index is 11.6. The first-order valence-electron chi connectivity index (χ1n) is 7.78. The largest absolute Gasteiger partial charge is 0.550 e. The van der Waals surface area contributed by atoms with E-state index in [-0.39, 0.29) is 18.1 Å². The number of halogens is 1. The summed E-state index contributed by atoms with van der Waals surface area (Å²) in [5, 5.41) is 12.3. The number of carbonyl (C=O) groups excluding carboxylic acids is 1. The second-order valence-electron chi connectivity index (χ2n) is 6.39. The molecule has 1 aromatic rings. The Balaban J connectivity index is 1.79. The summed E-state index contributed by atoms with van der Waals surface area (Å²) in [6.45, 7) is 4.44. The average Bonchev–Trinajstić information content (AvgIpc) is 3.16. The van der Waals surface area contributed by atoms with Crippen LogP contribution in [-0.4, -0.2) is 30.3 Å². The molecule has 0 unspecified atom stereocenters. The highest BCUT2D eigenvalue weighted by Crippen LogP contribution is 2.56. The van der Waals surface area contributed by atoms with E-state index in [9.17, 15) is 9.90 Å². The molecule has 120 valence electrons. The number of hydrogen-bond donors (Lipinski definition) is 0. The van der Waals surface area contributed by atoms with Gasteiger partial charge in [-0.2, -0.15) is 0 Å². The fourth-order valence-corrected chi connectivity index (χ4v) is 4.71. The summed E-state index contributed by atoms with van der Waals surface area (Å²) in [5.74, 6) is -1.78. The van der Waals surface area contributed by atoms with E-state index in [1.54, 1.807) is 0 Å². The number of para-hydroxylation sites is 1. The van der Waals surface area contributed by atoms with Gasteiger partial charge in [0.1, 0.15) is 5.60 Å². The predicted molar refractivity (Wildman–Crippen MR) is 86.1 cm³/mol. The molecule has 2 saturated heterocycles. The van der Waals surface area contributed by atoms with Crippen molar-refractivity contribution in [2.75, 3.05) is 11.4 Å². The van der Waals surface area contributed by atoms with E-state index >= 15 is 0 Å². The minimum absolute atomic E-state index is 0.0181. The number of hydrogen-bond acceptors (Lipinski definition) is 4. The molecular formula is C18H17ClNO3-. The number of carbonyl (C=O) groups is 1. The molecule has 0 saturated carbocycles. The molecule has 4 rings (SSSR count). The van der Waals surface area contributed by atoms with Gasteiger partial charge >= 0.3 is 0 Å². The summed E-state index contributed by atoms with van der Waals surface area (Å²) in [6, 6.07) is 7.60. The fourth-order valence-electron chi connectivity index (χ4n) is 4.47. The molecule has 0 amide bonds. The minimum atomic E-state index is -1.04. The molecule has 0 aliphatic carbocycles. The van der Waals surface area contributed by atoms with Crippen LogP contribution in [0.3, 0.4) is 0 Å². The topological polar surface area (TPSA) is 52.6 Å². The molecule has 23 heavy (non-hydrogen) atoms. The number of rotatable bonds is 4. The van der Waals surface area contributed by atoms with Crippen molar-refractivity contribution in [1.82, 2.24) is 0 Å². The van der Waals surface area contributed by atoms with E-state index in [1.807, 2.05) is 42.5 Å². The highest BCUT2D eigenvalue weighted by Gasteiger charge is 2.65. The van der Waals surface area contributed by atoms with Gasteiger partial charge in [0.2, 0.25) is 0 Å². The zero-order chi connectivity index (χ0) is 16.2. The van der Waals surface area contributed by atoms with Crippen molar-refractivity contribution in [2.24, 2.45) is 11.8 Å². The first-order chi connectivity index (χ1) is 11.1. The van der Waals surface area contributed by atoms with E-state index in [0.29, 0.717) is 18.0 Å². The van der Waals surface area contributed by atoms with E-state index in [2.05, 4.69) is 11.5 Å². The van der Waals surface area contributed by atoms with Gasteiger partial charge in [-0.05, 0) is 18.6 Å². The Morgan fingerprint density at radius 2 is 2.30 bits per heavy atom. The van der Waals surface area contributed by atoms with Crippen LogP contribution < -0.4 is 10.0 Å². The molecule has 0 N–H and O–H groups in total. The SMILES string of the molecule is C=CC[C@H]1N(c2ccccc2Cl)C[C@H]2[C@H](C(=O)[O-])[C@@H]3C=C[C@@]21O3. The molecule has 1 aromatic carbocycles. The van der Waals surface area contributed by atoms with Gasteiger partial charge in [-0.1, -0.05) is 42.0 Å². The quantitative estimate of drug-likeness (QED) is 0.790. The second kappa shape index (κ2) is 5.11. The van der Waals surface area contributed by atoms with Crippen molar-refractivity contribution in [3.05, 3.63) is 54.1 Å². The number of benzene rings is 1. The normalized spacial score (nSPS) is 37.2. The number of aliphatic carboxylic acids is 1. The molecular weight excluding hydrogens is 314 g/mol. The Morgan fingerprint density at radius 3 is 3.00 bits per heavy atom. The smallest absolute Gasteiger partial charge is 0.113 e. The lowest BCUT2D eigenvalue weighted by Gasteiger charge is -2.34. The molecule has 5 atom stereocenters. The van der Waals surface area contributed by atoms with Crippen LogP contribution in [0.15, 0.2) is 49.1 Å². The number of fused-ring (bicyclic) bond motifs is 1. The van der Waals surface area contributed by atoms with Crippen LogP contribution in [0.2, 0.25) is 5.02 Å². The molecule has 0 aromatic heterocycles. The molecule has 0 radical (unpaired) electrons. The van der Waals surface area contributed by atoms with Crippen LogP contribution in [-0.2, 0) is 9.53 Å². The molecule has 3 aliphatic rings. The number of anilines is 1. The maximum Gasteiger partial charge on any atom is 0.113 e. The highest BCUT2D eigenvalue weighted by atomic mass is 35.5. The summed E-state index contributed by atoms with van der Waals surface area (Å²) in [7, 11) is 0. The van der Waals surface area contributed by atoms with Gasteiger partial charge < -0.3 is 19.5 Å². The molecule has 5 heteroatoms. The van der Waals surface area contributed by atoms with Crippen molar-refractivity contribution in [3.63, 3.8) is 0 Å².